The van der Waals surface area contributed by atoms with Crippen LogP contribution in [0.4, 0.5) is 11.6 Å². The third-order valence-corrected chi connectivity index (χ3v) is 4.05. The van der Waals surface area contributed by atoms with E-state index in [9.17, 15) is 0 Å². The van der Waals surface area contributed by atoms with Gasteiger partial charge in [-0.1, -0.05) is 6.92 Å². The second-order valence-electron chi connectivity index (χ2n) is 5.73. The van der Waals surface area contributed by atoms with Gasteiger partial charge in [-0.15, -0.1) is 0 Å². The van der Waals surface area contributed by atoms with Crippen LogP contribution in [0.15, 0.2) is 0 Å². The third kappa shape index (κ3) is 3.84. The third-order valence-electron chi connectivity index (χ3n) is 4.05. The zero-order valence-corrected chi connectivity index (χ0v) is 13.8. The van der Waals surface area contributed by atoms with Gasteiger partial charge in [0, 0.05) is 38.7 Å². The van der Waals surface area contributed by atoms with Gasteiger partial charge in [0.1, 0.15) is 17.5 Å². The van der Waals surface area contributed by atoms with Gasteiger partial charge >= 0.3 is 0 Å². The summed E-state index contributed by atoms with van der Waals surface area (Å²) < 4.78 is 5.33. The van der Waals surface area contributed by atoms with Crippen LogP contribution in [0, 0.1) is 12.8 Å². The summed E-state index contributed by atoms with van der Waals surface area (Å²) in [6.07, 6.45) is 3.31. The Balaban J connectivity index is 2.26. The minimum absolute atomic E-state index is 0.603. The van der Waals surface area contributed by atoms with Crippen LogP contribution in [0.3, 0.4) is 0 Å². The Morgan fingerprint density at radius 2 is 2.14 bits per heavy atom. The van der Waals surface area contributed by atoms with Gasteiger partial charge in [0.15, 0.2) is 0 Å². The first-order valence-electron chi connectivity index (χ1n) is 8.04. The van der Waals surface area contributed by atoms with Crippen molar-refractivity contribution in [3.8, 4) is 0 Å². The Bertz CT molecular complexity index is 462. The van der Waals surface area contributed by atoms with Crippen LogP contribution in [0.5, 0.6) is 0 Å². The van der Waals surface area contributed by atoms with Gasteiger partial charge in [-0.2, -0.15) is 0 Å². The molecule has 1 aromatic heterocycles. The fraction of sp³-hybridized carbons (Fsp3) is 0.750. The van der Waals surface area contributed by atoms with Gasteiger partial charge in [-0.05, 0) is 32.6 Å². The Morgan fingerprint density at radius 3 is 2.81 bits per heavy atom. The SMILES string of the molecule is CCNc1nc(CC)nc(N2CCCC(COC)C2)c1C. The van der Waals surface area contributed by atoms with E-state index in [1.165, 1.54) is 12.8 Å². The molecule has 0 spiro atoms. The molecule has 0 saturated carbocycles. The van der Waals surface area contributed by atoms with Gasteiger partial charge in [0.05, 0.1) is 6.61 Å². The lowest BCUT2D eigenvalue weighted by molar-refractivity contribution is 0.143. The highest BCUT2D eigenvalue weighted by atomic mass is 16.5. The number of methoxy groups -OCH3 is 1. The standard InChI is InChI=1S/C16H28N4O/c1-5-14-18-15(17-6-2)12(3)16(19-14)20-9-7-8-13(10-20)11-21-4/h13H,5-11H2,1-4H3,(H,17,18,19). The summed E-state index contributed by atoms with van der Waals surface area (Å²) in [5.41, 5.74) is 1.16. The minimum atomic E-state index is 0.603. The number of nitrogens with zero attached hydrogens (tertiary/aromatic N) is 3. The molecule has 0 radical (unpaired) electrons. The minimum Gasteiger partial charge on any atom is -0.384 e. The zero-order chi connectivity index (χ0) is 15.2. The smallest absolute Gasteiger partial charge is 0.137 e. The fourth-order valence-electron chi connectivity index (χ4n) is 2.98. The molecule has 2 heterocycles. The molecule has 1 unspecified atom stereocenters. The van der Waals surface area contributed by atoms with Crippen LogP contribution in [-0.2, 0) is 11.2 Å². The van der Waals surface area contributed by atoms with Crippen molar-refractivity contribution in [1.82, 2.24) is 9.97 Å². The van der Waals surface area contributed by atoms with Crippen molar-refractivity contribution >= 4 is 11.6 Å². The lowest BCUT2D eigenvalue weighted by Gasteiger charge is -2.34. The van der Waals surface area contributed by atoms with Gasteiger partial charge in [-0.25, -0.2) is 9.97 Å². The molecule has 1 aromatic rings. The van der Waals surface area contributed by atoms with Gasteiger partial charge in [0.25, 0.3) is 0 Å². The fourth-order valence-corrected chi connectivity index (χ4v) is 2.98. The van der Waals surface area contributed by atoms with Crippen LogP contribution >= 0.6 is 0 Å². The predicted octanol–water partition coefficient (Wildman–Crippen LogP) is 2.64. The van der Waals surface area contributed by atoms with Crippen LogP contribution in [0.1, 0.15) is 38.1 Å². The topological polar surface area (TPSA) is 50.3 Å². The lowest BCUT2D eigenvalue weighted by Crippen LogP contribution is -2.38. The molecule has 0 aromatic carbocycles. The van der Waals surface area contributed by atoms with E-state index in [1.54, 1.807) is 7.11 Å². The number of piperidine rings is 1. The summed E-state index contributed by atoms with van der Waals surface area (Å²) in [6, 6.07) is 0. The Kier molecular flexibility index (Phi) is 5.79. The summed E-state index contributed by atoms with van der Waals surface area (Å²) in [5, 5.41) is 3.36. The molecule has 1 N–H and O–H groups in total. The van der Waals surface area contributed by atoms with E-state index in [2.05, 4.69) is 36.0 Å². The summed E-state index contributed by atoms with van der Waals surface area (Å²) in [4.78, 5) is 11.8. The Labute approximate surface area is 128 Å². The summed E-state index contributed by atoms with van der Waals surface area (Å²) >= 11 is 0. The monoisotopic (exact) mass is 292 g/mol. The molecule has 1 aliphatic rings. The molecular weight excluding hydrogens is 264 g/mol. The van der Waals surface area contributed by atoms with E-state index < -0.39 is 0 Å². The molecule has 21 heavy (non-hydrogen) atoms. The van der Waals surface area contributed by atoms with Crippen molar-refractivity contribution in [1.29, 1.82) is 0 Å². The van der Waals surface area contributed by atoms with Crippen molar-refractivity contribution < 1.29 is 4.74 Å². The molecule has 1 fully saturated rings. The molecule has 0 bridgehead atoms. The van der Waals surface area contributed by atoms with Crippen molar-refractivity contribution in [2.24, 2.45) is 5.92 Å². The highest BCUT2D eigenvalue weighted by Crippen LogP contribution is 2.28. The Hall–Kier alpha value is -1.36. The van der Waals surface area contributed by atoms with E-state index in [0.717, 1.165) is 55.7 Å². The van der Waals surface area contributed by atoms with E-state index in [-0.39, 0.29) is 0 Å². The van der Waals surface area contributed by atoms with Crippen LogP contribution in [0.2, 0.25) is 0 Å². The number of hydrogen-bond donors (Lipinski definition) is 1. The first-order chi connectivity index (χ1) is 10.2. The van der Waals surface area contributed by atoms with E-state index in [0.29, 0.717) is 5.92 Å². The van der Waals surface area contributed by atoms with Crippen molar-refractivity contribution in [3.63, 3.8) is 0 Å². The molecule has 118 valence electrons. The van der Waals surface area contributed by atoms with E-state index in [1.807, 2.05) is 0 Å². The zero-order valence-electron chi connectivity index (χ0n) is 13.8. The number of anilines is 2. The largest absolute Gasteiger partial charge is 0.384 e. The van der Waals surface area contributed by atoms with Crippen molar-refractivity contribution in [3.05, 3.63) is 11.4 Å². The summed E-state index contributed by atoms with van der Waals surface area (Å²) in [5.74, 6) is 3.60. The number of hydrogen-bond acceptors (Lipinski definition) is 5. The average molecular weight is 292 g/mol. The van der Waals surface area contributed by atoms with E-state index >= 15 is 0 Å². The molecule has 1 aliphatic heterocycles. The lowest BCUT2D eigenvalue weighted by atomic mass is 9.98. The van der Waals surface area contributed by atoms with Crippen molar-refractivity contribution in [2.45, 2.75) is 40.0 Å². The first-order valence-corrected chi connectivity index (χ1v) is 8.04. The average Bonchev–Trinajstić information content (AvgIpc) is 2.50. The normalized spacial score (nSPS) is 18.9. The molecule has 0 amide bonds. The number of ether oxygens (including phenoxy) is 1. The molecule has 5 heteroatoms. The second kappa shape index (κ2) is 7.59. The number of rotatable bonds is 6. The summed E-state index contributed by atoms with van der Waals surface area (Å²) in [7, 11) is 1.79. The molecule has 5 nitrogen and oxygen atoms in total. The molecule has 1 atom stereocenters. The maximum absolute atomic E-state index is 5.33. The highest BCUT2D eigenvalue weighted by molar-refractivity contribution is 5.58. The highest BCUT2D eigenvalue weighted by Gasteiger charge is 2.23. The summed E-state index contributed by atoms with van der Waals surface area (Å²) in [6.45, 7) is 10.1. The van der Waals surface area contributed by atoms with Gasteiger partial charge in [-0.3, -0.25) is 0 Å². The Morgan fingerprint density at radius 1 is 1.33 bits per heavy atom. The number of aryl methyl sites for hydroxylation is 1. The maximum Gasteiger partial charge on any atom is 0.137 e. The molecule has 0 aliphatic carbocycles. The van der Waals surface area contributed by atoms with Crippen LogP contribution in [-0.4, -0.2) is 43.3 Å². The van der Waals surface area contributed by atoms with E-state index in [4.69, 9.17) is 9.72 Å². The van der Waals surface area contributed by atoms with Gasteiger partial charge in [0.2, 0.25) is 0 Å². The number of aromatic nitrogens is 2. The molecule has 1 saturated heterocycles. The molecule has 2 rings (SSSR count). The van der Waals surface area contributed by atoms with Crippen LogP contribution < -0.4 is 10.2 Å². The second-order valence-corrected chi connectivity index (χ2v) is 5.73. The predicted molar refractivity (Wildman–Crippen MR) is 87.1 cm³/mol. The van der Waals surface area contributed by atoms with Crippen molar-refractivity contribution in [2.75, 3.05) is 43.6 Å². The first kappa shape index (κ1) is 16.0. The van der Waals surface area contributed by atoms with Crippen LogP contribution in [0.25, 0.3) is 0 Å². The number of nitrogens with one attached hydrogen (secondary N) is 1. The quantitative estimate of drug-likeness (QED) is 0.873. The maximum atomic E-state index is 5.33. The van der Waals surface area contributed by atoms with Gasteiger partial charge < -0.3 is 15.0 Å². The molecular formula is C16H28N4O.